The maximum atomic E-state index is 13.6. The van der Waals surface area contributed by atoms with Gasteiger partial charge in [-0.1, -0.05) is 28.9 Å². The first-order valence-corrected chi connectivity index (χ1v) is 13.3. The predicted molar refractivity (Wildman–Crippen MR) is 146 cm³/mol. The number of pyridine rings is 2. The minimum atomic E-state index is -0.573. The molecular formula is C26H19ClN8O4S. The first kappa shape index (κ1) is 25.6. The number of hydrogen-bond acceptors (Lipinski definition) is 11. The molecule has 0 unspecified atom stereocenters. The second-order valence-electron chi connectivity index (χ2n) is 8.89. The zero-order valence-corrected chi connectivity index (χ0v) is 22.7. The summed E-state index contributed by atoms with van der Waals surface area (Å²) in [4.78, 5) is 44.4. The third-order valence-corrected chi connectivity index (χ3v) is 6.97. The van der Waals surface area contributed by atoms with Crippen molar-refractivity contribution in [2.75, 3.05) is 12.4 Å². The minimum Gasteiger partial charge on any atom is -0.494 e. The first-order chi connectivity index (χ1) is 19.4. The summed E-state index contributed by atoms with van der Waals surface area (Å²) in [7, 11) is 1.47. The molecule has 0 saturated heterocycles. The summed E-state index contributed by atoms with van der Waals surface area (Å²) in [5.74, 6) is 7.00. The fraction of sp³-hybridized carbons (Fsp3) is 0.231. The van der Waals surface area contributed by atoms with Crippen molar-refractivity contribution in [2.45, 2.75) is 26.3 Å². The molecule has 1 aliphatic rings. The van der Waals surface area contributed by atoms with Crippen LogP contribution in [0.15, 0.2) is 39.9 Å². The van der Waals surface area contributed by atoms with Crippen LogP contribution in [0.25, 0.3) is 21.6 Å². The monoisotopic (exact) mass is 574 g/mol. The van der Waals surface area contributed by atoms with E-state index in [2.05, 4.69) is 47.3 Å². The molecule has 0 spiro atoms. The molecule has 0 radical (unpaired) electrons. The van der Waals surface area contributed by atoms with Gasteiger partial charge in [0, 0.05) is 36.2 Å². The average molecular weight is 575 g/mol. The summed E-state index contributed by atoms with van der Waals surface area (Å²) in [6, 6.07) is 2.77. The molecule has 1 fully saturated rings. The highest BCUT2D eigenvalue weighted by Crippen LogP contribution is 2.34. The van der Waals surface area contributed by atoms with E-state index in [0.29, 0.717) is 44.9 Å². The molecule has 6 rings (SSSR count). The maximum absolute atomic E-state index is 13.6. The molecule has 200 valence electrons. The lowest BCUT2D eigenvalue weighted by molar-refractivity contribution is 0.102. The predicted octanol–water partition coefficient (Wildman–Crippen LogP) is 3.73. The van der Waals surface area contributed by atoms with E-state index < -0.39 is 11.5 Å². The fourth-order valence-electron chi connectivity index (χ4n) is 3.84. The van der Waals surface area contributed by atoms with Crippen LogP contribution < -0.4 is 15.6 Å². The highest BCUT2D eigenvalue weighted by atomic mass is 35.5. The summed E-state index contributed by atoms with van der Waals surface area (Å²) >= 11 is 7.35. The lowest BCUT2D eigenvalue weighted by atomic mass is 10.0. The summed E-state index contributed by atoms with van der Waals surface area (Å²) in [6.07, 6.45) is 6.73. The van der Waals surface area contributed by atoms with Gasteiger partial charge in [-0.3, -0.25) is 14.9 Å². The minimum absolute atomic E-state index is 0.00309. The second-order valence-corrected chi connectivity index (χ2v) is 10.3. The number of halogens is 1. The Morgan fingerprint density at radius 1 is 1.23 bits per heavy atom. The van der Waals surface area contributed by atoms with E-state index in [1.54, 1.807) is 19.2 Å². The van der Waals surface area contributed by atoms with E-state index in [1.165, 1.54) is 30.1 Å². The van der Waals surface area contributed by atoms with Crippen molar-refractivity contribution in [1.82, 2.24) is 34.7 Å². The van der Waals surface area contributed by atoms with Gasteiger partial charge in [0.1, 0.15) is 23.1 Å². The lowest BCUT2D eigenvalue weighted by Gasteiger charge is -2.15. The Kier molecular flexibility index (Phi) is 6.71. The van der Waals surface area contributed by atoms with E-state index in [0.717, 1.165) is 24.2 Å². The molecule has 5 heterocycles. The van der Waals surface area contributed by atoms with Crippen LogP contribution in [-0.4, -0.2) is 47.7 Å². The Labute approximate surface area is 235 Å². The molecule has 12 nitrogen and oxygen atoms in total. The number of nitrogens with one attached hydrogen (secondary N) is 1. The van der Waals surface area contributed by atoms with E-state index in [1.807, 2.05) is 0 Å². The van der Waals surface area contributed by atoms with Crippen LogP contribution in [0.2, 0.25) is 5.15 Å². The van der Waals surface area contributed by atoms with Crippen molar-refractivity contribution < 1.29 is 13.9 Å². The van der Waals surface area contributed by atoms with E-state index in [4.69, 9.17) is 20.8 Å². The molecule has 1 N–H and O–H groups in total. The highest BCUT2D eigenvalue weighted by molar-refractivity contribution is 7.21. The number of aromatic nitrogens is 7. The second kappa shape index (κ2) is 10.5. The highest BCUT2D eigenvalue weighted by Gasteiger charge is 2.22. The fourth-order valence-corrected chi connectivity index (χ4v) is 4.79. The van der Waals surface area contributed by atoms with Crippen molar-refractivity contribution >= 4 is 44.5 Å². The smallest absolute Gasteiger partial charge is 0.258 e. The molecule has 14 heteroatoms. The third-order valence-electron chi connectivity index (χ3n) is 5.91. The lowest BCUT2D eigenvalue weighted by Crippen LogP contribution is -2.24. The molecule has 0 atom stereocenters. The van der Waals surface area contributed by atoms with E-state index in [9.17, 15) is 9.59 Å². The van der Waals surface area contributed by atoms with Gasteiger partial charge in [0.05, 0.1) is 25.1 Å². The third kappa shape index (κ3) is 5.40. The van der Waals surface area contributed by atoms with Crippen molar-refractivity contribution in [3.05, 3.63) is 69.3 Å². The van der Waals surface area contributed by atoms with Gasteiger partial charge in [0.2, 0.25) is 11.8 Å². The van der Waals surface area contributed by atoms with Gasteiger partial charge in [-0.05, 0) is 24.8 Å². The number of anilines is 1. The quantitative estimate of drug-likeness (QED) is 0.234. The number of thiazole rings is 1. The molecule has 40 heavy (non-hydrogen) atoms. The maximum Gasteiger partial charge on any atom is 0.258 e. The van der Waals surface area contributed by atoms with Crippen molar-refractivity contribution in [3.8, 4) is 28.7 Å². The molecule has 1 amide bonds. The summed E-state index contributed by atoms with van der Waals surface area (Å²) in [5, 5.41) is 11.0. The van der Waals surface area contributed by atoms with Gasteiger partial charge in [-0.2, -0.15) is 4.98 Å². The SMILES string of the molecule is COc1cnc(Cl)cc1-c1cn(Cc2nnc(C)o2)c(=O)cc1C(=O)Nc1nc2ncc(C#CC3CC3)nc2s1. The van der Waals surface area contributed by atoms with Gasteiger partial charge in [0.15, 0.2) is 15.6 Å². The Hall–Kier alpha value is -4.67. The normalized spacial score (nSPS) is 12.7. The average Bonchev–Trinajstić information content (AvgIpc) is 3.55. The number of nitrogens with zero attached hydrogens (tertiary/aromatic N) is 7. The van der Waals surface area contributed by atoms with E-state index in [-0.39, 0.29) is 28.3 Å². The largest absolute Gasteiger partial charge is 0.494 e. The van der Waals surface area contributed by atoms with Crippen LogP contribution in [0.5, 0.6) is 5.75 Å². The van der Waals surface area contributed by atoms with Crippen LogP contribution in [0.3, 0.4) is 0 Å². The molecule has 1 aliphatic carbocycles. The summed E-state index contributed by atoms with van der Waals surface area (Å²) in [5.41, 5.74) is 1.35. The van der Waals surface area contributed by atoms with Gasteiger partial charge < -0.3 is 13.7 Å². The standard InChI is InChI=1S/C26H19ClN8O4S/c1-13-33-34-21(39-13)12-35-11-18(16-7-20(27)28-10-19(16)38-2)17(8-22(35)36)24(37)32-26-31-23-25(40-26)30-15(9-29-23)6-5-14-3-4-14/h7-11,14H,3-4,12H2,1-2H3,(H,29,31,32,37). The molecule has 1 saturated carbocycles. The number of carbonyl (C=O) groups is 1. The van der Waals surface area contributed by atoms with Gasteiger partial charge >= 0.3 is 0 Å². The zero-order chi connectivity index (χ0) is 27.8. The van der Waals surface area contributed by atoms with Crippen molar-refractivity contribution in [1.29, 1.82) is 0 Å². The Balaban J connectivity index is 1.37. The topological polar surface area (TPSA) is 151 Å². The number of fused-ring (bicyclic) bond motifs is 1. The zero-order valence-electron chi connectivity index (χ0n) is 21.1. The summed E-state index contributed by atoms with van der Waals surface area (Å²) in [6.45, 7) is 1.65. The van der Waals surface area contributed by atoms with Crippen LogP contribution in [0.1, 0.15) is 40.7 Å². The number of aryl methyl sites for hydroxylation is 1. The van der Waals surface area contributed by atoms with Crippen molar-refractivity contribution in [3.63, 3.8) is 0 Å². The molecule has 0 aliphatic heterocycles. The first-order valence-electron chi connectivity index (χ1n) is 12.1. The number of rotatable bonds is 6. The molecular weight excluding hydrogens is 556 g/mol. The van der Waals surface area contributed by atoms with Crippen LogP contribution in [0.4, 0.5) is 5.13 Å². The van der Waals surface area contributed by atoms with Crippen LogP contribution in [0, 0.1) is 24.7 Å². The number of amides is 1. The van der Waals surface area contributed by atoms with E-state index >= 15 is 0 Å². The van der Waals surface area contributed by atoms with Crippen molar-refractivity contribution in [2.24, 2.45) is 5.92 Å². The Morgan fingerprint density at radius 2 is 2.08 bits per heavy atom. The molecule has 0 aromatic carbocycles. The number of carbonyl (C=O) groups excluding carboxylic acids is 1. The molecule has 0 bridgehead atoms. The van der Waals surface area contributed by atoms with Gasteiger partial charge in [-0.15, -0.1) is 10.2 Å². The number of ether oxygens (including phenoxy) is 1. The van der Waals surface area contributed by atoms with Crippen LogP contribution >= 0.6 is 22.9 Å². The van der Waals surface area contributed by atoms with Gasteiger partial charge in [-0.25, -0.2) is 15.0 Å². The Bertz CT molecular complexity index is 1900. The van der Waals surface area contributed by atoms with Gasteiger partial charge in [0.25, 0.3) is 11.5 Å². The molecule has 5 aromatic rings. The number of hydrogen-bond donors (Lipinski definition) is 1. The number of methoxy groups -OCH3 is 1. The molecule has 5 aromatic heterocycles. The summed E-state index contributed by atoms with van der Waals surface area (Å²) < 4.78 is 12.3. The Morgan fingerprint density at radius 3 is 2.83 bits per heavy atom. The van der Waals surface area contributed by atoms with Crippen LogP contribution in [-0.2, 0) is 6.54 Å².